The van der Waals surface area contributed by atoms with Gasteiger partial charge in [-0.15, -0.1) is 0 Å². The number of rotatable bonds is 5. The quantitative estimate of drug-likeness (QED) is 0.501. The van der Waals surface area contributed by atoms with E-state index in [2.05, 4.69) is 56.1 Å². The van der Waals surface area contributed by atoms with Gasteiger partial charge in [0.1, 0.15) is 11.6 Å². The lowest BCUT2D eigenvalue weighted by molar-refractivity contribution is -0.112. The fraction of sp³-hybridized carbons (Fsp3) is 0.385. The molecule has 0 saturated heterocycles. The Balaban J connectivity index is 1.91. The average molecular weight is 402 g/mol. The van der Waals surface area contributed by atoms with E-state index in [-0.39, 0.29) is 17.0 Å². The lowest BCUT2D eigenvalue weighted by atomic mass is 9.79. The summed E-state index contributed by atoms with van der Waals surface area (Å²) in [5.74, 6) is 0.0439. The van der Waals surface area contributed by atoms with Gasteiger partial charge >= 0.3 is 0 Å². The molecule has 4 heteroatoms. The molecule has 1 aliphatic heterocycles. The van der Waals surface area contributed by atoms with E-state index in [4.69, 9.17) is 0 Å². The highest BCUT2D eigenvalue weighted by atomic mass is 16.1. The van der Waals surface area contributed by atoms with Crippen molar-refractivity contribution in [3.05, 3.63) is 64.7 Å². The number of amides is 1. The van der Waals surface area contributed by atoms with Crippen molar-refractivity contribution in [3.8, 4) is 6.07 Å². The van der Waals surface area contributed by atoms with Crippen LogP contribution >= 0.6 is 0 Å². The van der Waals surface area contributed by atoms with Crippen LogP contribution in [0.2, 0.25) is 0 Å². The molecule has 0 bridgehead atoms. The molecule has 2 aromatic rings. The number of para-hydroxylation sites is 1. The molecule has 1 aliphatic rings. The van der Waals surface area contributed by atoms with Gasteiger partial charge in [-0.25, -0.2) is 0 Å². The lowest BCUT2D eigenvalue weighted by Crippen LogP contribution is -2.48. The summed E-state index contributed by atoms with van der Waals surface area (Å²) in [6.07, 6.45) is 3.57. The van der Waals surface area contributed by atoms with Crippen molar-refractivity contribution in [2.75, 3.05) is 16.8 Å². The minimum atomic E-state index is -0.375. The Morgan fingerprint density at radius 3 is 2.67 bits per heavy atom. The zero-order valence-electron chi connectivity index (χ0n) is 18.6. The van der Waals surface area contributed by atoms with E-state index in [0.29, 0.717) is 5.92 Å². The summed E-state index contributed by atoms with van der Waals surface area (Å²) in [5, 5.41) is 12.5. The van der Waals surface area contributed by atoms with Crippen LogP contribution in [-0.2, 0) is 11.2 Å². The number of hydrogen-bond acceptors (Lipinski definition) is 3. The number of aryl methyl sites for hydroxylation is 1. The molecule has 0 aromatic heterocycles. The Hall–Kier alpha value is -3.06. The van der Waals surface area contributed by atoms with E-state index in [1.165, 1.54) is 11.3 Å². The van der Waals surface area contributed by atoms with Crippen LogP contribution in [-0.4, -0.2) is 18.0 Å². The topological polar surface area (TPSA) is 56.1 Å². The van der Waals surface area contributed by atoms with Gasteiger partial charge in [-0.1, -0.05) is 38.1 Å². The summed E-state index contributed by atoms with van der Waals surface area (Å²) in [4.78, 5) is 15.2. The predicted molar refractivity (Wildman–Crippen MR) is 125 cm³/mol. The largest absolute Gasteiger partial charge is 0.366 e. The minimum Gasteiger partial charge on any atom is -0.366 e. The fourth-order valence-corrected chi connectivity index (χ4v) is 4.65. The van der Waals surface area contributed by atoms with Gasteiger partial charge in [-0.3, -0.25) is 4.79 Å². The van der Waals surface area contributed by atoms with Crippen molar-refractivity contribution in [2.45, 2.75) is 58.9 Å². The molecule has 3 rings (SSSR count). The second-order valence-corrected chi connectivity index (χ2v) is 8.61. The van der Waals surface area contributed by atoms with Crippen molar-refractivity contribution >= 4 is 23.4 Å². The van der Waals surface area contributed by atoms with Gasteiger partial charge in [0, 0.05) is 23.5 Å². The number of nitrogens with one attached hydrogen (secondary N) is 1. The Morgan fingerprint density at radius 1 is 1.27 bits per heavy atom. The third-order valence-electron chi connectivity index (χ3n) is 6.05. The zero-order chi connectivity index (χ0) is 21.9. The summed E-state index contributed by atoms with van der Waals surface area (Å²) in [5.41, 5.74) is 5.43. The van der Waals surface area contributed by atoms with Crippen LogP contribution in [0.25, 0.3) is 6.08 Å². The van der Waals surface area contributed by atoms with Gasteiger partial charge in [-0.2, -0.15) is 5.26 Å². The van der Waals surface area contributed by atoms with E-state index in [9.17, 15) is 10.1 Å². The fourth-order valence-electron chi connectivity index (χ4n) is 4.65. The van der Waals surface area contributed by atoms with Gasteiger partial charge in [0.2, 0.25) is 0 Å². The summed E-state index contributed by atoms with van der Waals surface area (Å²) < 4.78 is 0. The molecule has 2 aromatic carbocycles. The molecule has 1 amide bonds. The predicted octanol–water partition coefficient (Wildman–Crippen LogP) is 5.91. The first-order valence-corrected chi connectivity index (χ1v) is 10.7. The second kappa shape index (κ2) is 8.75. The van der Waals surface area contributed by atoms with Crippen molar-refractivity contribution in [3.63, 3.8) is 0 Å². The van der Waals surface area contributed by atoms with Crippen molar-refractivity contribution in [1.29, 1.82) is 5.26 Å². The van der Waals surface area contributed by atoms with E-state index in [1.54, 1.807) is 6.08 Å². The smallest absolute Gasteiger partial charge is 0.266 e. The van der Waals surface area contributed by atoms with Crippen LogP contribution in [0, 0.1) is 11.3 Å². The highest BCUT2D eigenvalue weighted by Gasteiger charge is 2.35. The van der Waals surface area contributed by atoms with E-state index < -0.39 is 0 Å². The zero-order valence-corrected chi connectivity index (χ0v) is 18.6. The van der Waals surface area contributed by atoms with Crippen LogP contribution in [0.1, 0.15) is 63.6 Å². The molecule has 0 saturated carbocycles. The molecule has 0 radical (unpaired) electrons. The van der Waals surface area contributed by atoms with Crippen LogP contribution < -0.4 is 10.2 Å². The molecule has 1 atom stereocenters. The molecule has 30 heavy (non-hydrogen) atoms. The number of fused-ring (bicyclic) bond motifs is 1. The van der Waals surface area contributed by atoms with Crippen LogP contribution in [0.4, 0.5) is 11.4 Å². The summed E-state index contributed by atoms with van der Waals surface area (Å²) >= 11 is 0. The Kier molecular flexibility index (Phi) is 6.31. The van der Waals surface area contributed by atoms with Crippen LogP contribution in [0.5, 0.6) is 0 Å². The molecular formula is C26H31N3O. The van der Waals surface area contributed by atoms with Gasteiger partial charge in [0.05, 0.1) is 0 Å². The van der Waals surface area contributed by atoms with Crippen LogP contribution in [0.3, 0.4) is 0 Å². The summed E-state index contributed by atoms with van der Waals surface area (Å²) in [7, 11) is 0. The Bertz CT molecular complexity index is 1010. The number of hydrogen-bond donors (Lipinski definition) is 1. The van der Waals surface area contributed by atoms with Crippen molar-refractivity contribution < 1.29 is 4.79 Å². The van der Waals surface area contributed by atoms with E-state index >= 15 is 0 Å². The monoisotopic (exact) mass is 401 g/mol. The number of nitriles is 1. The van der Waals surface area contributed by atoms with Crippen LogP contribution in [0.15, 0.2) is 48.0 Å². The molecule has 0 spiro atoms. The molecule has 1 heterocycles. The van der Waals surface area contributed by atoms with Crippen molar-refractivity contribution in [2.24, 2.45) is 0 Å². The van der Waals surface area contributed by atoms with Gasteiger partial charge in [0.25, 0.3) is 5.91 Å². The molecular weight excluding hydrogens is 370 g/mol. The third-order valence-corrected chi connectivity index (χ3v) is 6.05. The lowest BCUT2D eigenvalue weighted by Gasteiger charge is -2.47. The SMILES string of the molecule is CCc1ccccc1NC(=O)/C(C#N)=C\c1ccc2c(c1)[C@@H](C)CC(C)(C)N2CC. The molecule has 156 valence electrons. The maximum absolute atomic E-state index is 12.7. The third kappa shape index (κ3) is 4.26. The number of anilines is 2. The maximum Gasteiger partial charge on any atom is 0.266 e. The van der Waals surface area contributed by atoms with Gasteiger partial charge < -0.3 is 10.2 Å². The number of carbonyl (C=O) groups excluding carboxylic acids is 1. The maximum atomic E-state index is 12.7. The Morgan fingerprint density at radius 2 is 2.00 bits per heavy atom. The van der Waals surface area contributed by atoms with E-state index in [1.807, 2.05) is 37.3 Å². The molecule has 4 nitrogen and oxygen atoms in total. The first kappa shape index (κ1) is 21.6. The van der Waals surface area contributed by atoms with Crippen molar-refractivity contribution in [1.82, 2.24) is 0 Å². The highest BCUT2D eigenvalue weighted by Crippen LogP contribution is 2.43. The molecule has 1 N–H and O–H groups in total. The molecule has 0 fully saturated rings. The standard InChI is InChI=1S/C26H31N3O/c1-6-20-10-8-9-11-23(20)28-25(30)21(17-27)14-19-12-13-24-22(15-19)18(3)16-26(4,5)29(24)7-2/h8-15,18H,6-7,16H2,1-5H3,(H,28,30)/b21-14-/t18-/m0/s1. The number of benzene rings is 2. The molecule has 0 unspecified atom stereocenters. The average Bonchev–Trinajstić information content (AvgIpc) is 2.72. The summed E-state index contributed by atoms with van der Waals surface area (Å²) in [6, 6.07) is 16.0. The van der Waals surface area contributed by atoms with Gasteiger partial charge in [-0.05, 0) is 80.5 Å². The first-order valence-electron chi connectivity index (χ1n) is 10.7. The van der Waals surface area contributed by atoms with Gasteiger partial charge in [0.15, 0.2) is 0 Å². The normalized spacial score (nSPS) is 17.8. The van der Waals surface area contributed by atoms with E-state index in [0.717, 1.165) is 36.2 Å². The second-order valence-electron chi connectivity index (χ2n) is 8.61. The number of nitrogens with zero attached hydrogens (tertiary/aromatic N) is 2. The Labute approximate surface area is 180 Å². The number of carbonyl (C=O) groups is 1. The molecule has 0 aliphatic carbocycles. The highest BCUT2D eigenvalue weighted by molar-refractivity contribution is 6.10. The first-order chi connectivity index (χ1) is 14.3. The summed E-state index contributed by atoms with van der Waals surface area (Å²) in [6.45, 7) is 12.0. The minimum absolute atomic E-state index is 0.108.